The lowest BCUT2D eigenvalue weighted by Gasteiger charge is -2.09. The predicted octanol–water partition coefficient (Wildman–Crippen LogP) is 0.906. The van der Waals surface area contributed by atoms with Crippen molar-refractivity contribution >= 4 is 9.84 Å². The number of aromatic nitrogens is 1. The quantitative estimate of drug-likeness (QED) is 0.813. The van der Waals surface area contributed by atoms with Gasteiger partial charge in [0.2, 0.25) is 0 Å². The first-order valence-electron chi connectivity index (χ1n) is 4.83. The normalized spacial score (nSPS) is 13.7. The molecule has 15 heavy (non-hydrogen) atoms. The Bertz CT molecular complexity index is 389. The molecule has 0 saturated heterocycles. The highest BCUT2D eigenvalue weighted by Gasteiger charge is 2.08. The van der Waals surface area contributed by atoms with Crippen LogP contribution in [0.3, 0.4) is 0 Å². The average molecular weight is 228 g/mol. The number of sulfone groups is 1. The van der Waals surface area contributed by atoms with Gasteiger partial charge in [-0.1, -0.05) is 6.07 Å². The monoisotopic (exact) mass is 228 g/mol. The second-order valence-corrected chi connectivity index (χ2v) is 5.89. The van der Waals surface area contributed by atoms with Crippen molar-refractivity contribution in [1.29, 1.82) is 0 Å². The summed E-state index contributed by atoms with van der Waals surface area (Å²) in [4.78, 5) is 4.12. The van der Waals surface area contributed by atoms with Crippen molar-refractivity contribution in [2.75, 3.05) is 12.0 Å². The molecule has 0 saturated carbocycles. The zero-order valence-electron chi connectivity index (χ0n) is 8.76. The first kappa shape index (κ1) is 12.1. The standard InChI is InChI=1S/C10H16N2O2S/c1-15(13,14)8-4-5-9(11)10-6-2-3-7-12-10/h2-3,6-7,9H,4-5,8,11H2,1H3. The maximum atomic E-state index is 10.9. The Morgan fingerprint density at radius 3 is 2.73 bits per heavy atom. The van der Waals surface area contributed by atoms with E-state index in [2.05, 4.69) is 4.98 Å². The van der Waals surface area contributed by atoms with Crippen molar-refractivity contribution in [3.05, 3.63) is 30.1 Å². The molecule has 0 radical (unpaired) electrons. The van der Waals surface area contributed by atoms with Crippen molar-refractivity contribution in [3.8, 4) is 0 Å². The third-order valence-corrected chi connectivity index (χ3v) is 3.13. The minimum absolute atomic E-state index is 0.173. The number of nitrogens with zero attached hydrogens (tertiary/aromatic N) is 1. The average Bonchev–Trinajstić information content (AvgIpc) is 2.17. The first-order valence-corrected chi connectivity index (χ1v) is 6.89. The Morgan fingerprint density at radius 2 is 2.20 bits per heavy atom. The summed E-state index contributed by atoms with van der Waals surface area (Å²) in [6, 6.07) is 5.38. The molecule has 0 amide bonds. The molecule has 1 unspecified atom stereocenters. The van der Waals surface area contributed by atoms with E-state index in [9.17, 15) is 8.42 Å². The third-order valence-electron chi connectivity index (χ3n) is 2.10. The molecule has 1 aromatic rings. The molecule has 1 heterocycles. The van der Waals surface area contributed by atoms with Crippen LogP contribution in [0.2, 0.25) is 0 Å². The molecule has 0 aliphatic rings. The van der Waals surface area contributed by atoms with Gasteiger partial charge in [0.05, 0.1) is 5.69 Å². The van der Waals surface area contributed by atoms with Gasteiger partial charge in [-0.25, -0.2) is 8.42 Å². The summed E-state index contributed by atoms with van der Waals surface area (Å²) < 4.78 is 21.8. The summed E-state index contributed by atoms with van der Waals surface area (Å²) in [7, 11) is -2.88. The fourth-order valence-corrected chi connectivity index (χ4v) is 2.00. The van der Waals surface area contributed by atoms with E-state index in [1.165, 1.54) is 6.26 Å². The van der Waals surface area contributed by atoms with Gasteiger partial charge in [0.25, 0.3) is 0 Å². The zero-order valence-corrected chi connectivity index (χ0v) is 9.57. The molecule has 0 aliphatic heterocycles. The second kappa shape index (κ2) is 5.23. The first-order chi connectivity index (χ1) is 6.99. The molecule has 1 rings (SSSR count). The molecule has 0 aromatic carbocycles. The lowest BCUT2D eigenvalue weighted by atomic mass is 10.1. The topological polar surface area (TPSA) is 73.0 Å². The van der Waals surface area contributed by atoms with Crippen molar-refractivity contribution in [3.63, 3.8) is 0 Å². The van der Waals surface area contributed by atoms with Crippen molar-refractivity contribution in [2.45, 2.75) is 18.9 Å². The Morgan fingerprint density at radius 1 is 1.47 bits per heavy atom. The molecular formula is C10H16N2O2S. The van der Waals surface area contributed by atoms with E-state index in [0.29, 0.717) is 12.8 Å². The van der Waals surface area contributed by atoms with Crippen LogP contribution >= 0.6 is 0 Å². The summed E-state index contributed by atoms with van der Waals surface area (Å²) in [6.45, 7) is 0. The Kier molecular flexibility index (Phi) is 4.23. The molecule has 0 spiro atoms. The molecule has 0 fully saturated rings. The highest BCUT2D eigenvalue weighted by molar-refractivity contribution is 7.90. The van der Waals surface area contributed by atoms with E-state index in [4.69, 9.17) is 5.73 Å². The number of hydrogen-bond acceptors (Lipinski definition) is 4. The summed E-state index contributed by atoms with van der Waals surface area (Å²) in [5.41, 5.74) is 6.68. The van der Waals surface area contributed by atoms with Gasteiger partial charge in [0, 0.05) is 24.2 Å². The minimum atomic E-state index is -2.88. The van der Waals surface area contributed by atoms with Crippen LogP contribution in [0.25, 0.3) is 0 Å². The Balaban J connectivity index is 2.41. The Labute approximate surface area is 90.4 Å². The van der Waals surface area contributed by atoms with E-state index in [-0.39, 0.29) is 11.8 Å². The summed E-state index contributed by atoms with van der Waals surface area (Å²) in [5, 5.41) is 0. The van der Waals surface area contributed by atoms with Crippen molar-refractivity contribution < 1.29 is 8.42 Å². The van der Waals surface area contributed by atoms with Crippen LogP contribution < -0.4 is 5.73 Å². The lowest BCUT2D eigenvalue weighted by molar-refractivity contribution is 0.584. The highest BCUT2D eigenvalue weighted by Crippen LogP contribution is 2.12. The molecule has 1 aromatic heterocycles. The van der Waals surface area contributed by atoms with Crippen LogP contribution in [0.1, 0.15) is 24.6 Å². The number of pyridine rings is 1. The van der Waals surface area contributed by atoms with E-state index in [0.717, 1.165) is 5.69 Å². The maximum Gasteiger partial charge on any atom is 0.147 e. The molecule has 84 valence electrons. The lowest BCUT2D eigenvalue weighted by Crippen LogP contribution is -2.13. The van der Waals surface area contributed by atoms with Gasteiger partial charge in [-0.2, -0.15) is 0 Å². The largest absolute Gasteiger partial charge is 0.323 e. The molecule has 0 aliphatic carbocycles. The van der Waals surface area contributed by atoms with Gasteiger partial charge in [-0.3, -0.25) is 4.98 Å². The number of hydrogen-bond donors (Lipinski definition) is 1. The van der Waals surface area contributed by atoms with Crippen LogP contribution in [0.4, 0.5) is 0 Å². The summed E-state index contributed by atoms with van der Waals surface area (Å²) >= 11 is 0. The number of nitrogens with two attached hydrogens (primary N) is 1. The molecular weight excluding hydrogens is 212 g/mol. The van der Waals surface area contributed by atoms with Crippen LogP contribution in [0.5, 0.6) is 0 Å². The van der Waals surface area contributed by atoms with Crippen molar-refractivity contribution in [2.24, 2.45) is 5.73 Å². The molecule has 0 bridgehead atoms. The fraction of sp³-hybridized carbons (Fsp3) is 0.500. The van der Waals surface area contributed by atoms with Crippen LogP contribution in [0.15, 0.2) is 24.4 Å². The SMILES string of the molecule is CS(=O)(=O)CCCC(N)c1ccccn1. The van der Waals surface area contributed by atoms with Crippen LogP contribution in [-0.4, -0.2) is 25.4 Å². The Hall–Kier alpha value is -0.940. The van der Waals surface area contributed by atoms with Gasteiger partial charge in [0.15, 0.2) is 0 Å². The molecule has 5 heteroatoms. The third kappa shape index (κ3) is 4.90. The van der Waals surface area contributed by atoms with Crippen molar-refractivity contribution in [1.82, 2.24) is 4.98 Å². The van der Waals surface area contributed by atoms with E-state index in [1.807, 2.05) is 18.2 Å². The molecule has 2 N–H and O–H groups in total. The van der Waals surface area contributed by atoms with Crippen LogP contribution in [0, 0.1) is 0 Å². The minimum Gasteiger partial charge on any atom is -0.323 e. The van der Waals surface area contributed by atoms with E-state index < -0.39 is 9.84 Å². The predicted molar refractivity (Wildman–Crippen MR) is 60.1 cm³/mol. The summed E-state index contributed by atoms with van der Waals surface area (Å²) in [5.74, 6) is 0.188. The van der Waals surface area contributed by atoms with Gasteiger partial charge in [-0.05, 0) is 25.0 Å². The summed E-state index contributed by atoms with van der Waals surface area (Å²) in [6.07, 6.45) is 4.14. The van der Waals surface area contributed by atoms with Gasteiger partial charge >= 0.3 is 0 Å². The second-order valence-electron chi connectivity index (χ2n) is 3.63. The smallest absolute Gasteiger partial charge is 0.147 e. The van der Waals surface area contributed by atoms with Gasteiger partial charge in [0.1, 0.15) is 9.84 Å². The maximum absolute atomic E-state index is 10.9. The van der Waals surface area contributed by atoms with Crippen LogP contribution in [-0.2, 0) is 9.84 Å². The van der Waals surface area contributed by atoms with Gasteiger partial charge < -0.3 is 5.73 Å². The van der Waals surface area contributed by atoms with E-state index in [1.54, 1.807) is 6.20 Å². The van der Waals surface area contributed by atoms with E-state index >= 15 is 0 Å². The van der Waals surface area contributed by atoms with Gasteiger partial charge in [-0.15, -0.1) is 0 Å². The molecule has 1 atom stereocenters. The number of rotatable bonds is 5. The highest BCUT2D eigenvalue weighted by atomic mass is 32.2. The fourth-order valence-electron chi connectivity index (χ4n) is 1.31. The molecule has 4 nitrogen and oxygen atoms in total. The zero-order chi connectivity index (χ0) is 11.3.